The molecule has 0 bridgehead atoms. The minimum atomic E-state index is -0.262. The number of likely N-dealkylation sites (N-methyl/N-ethyl adjacent to an activating group) is 1. The lowest BCUT2D eigenvalue weighted by Gasteiger charge is -2.14. The first-order valence-electron chi connectivity index (χ1n) is 4.67. The molecule has 1 aromatic rings. The molecule has 2 heteroatoms. The summed E-state index contributed by atoms with van der Waals surface area (Å²) in [5.74, 6) is 0. The zero-order chi connectivity index (χ0) is 9.42. The first kappa shape index (κ1) is 8.73. The standard InChI is InChI=1S/C11H15NO/c1-7-3-4-8-6-10(13)11(12-2)9(8)5-7/h3-5,10-13H,6H2,1-2H3. The maximum absolute atomic E-state index is 9.74. The Labute approximate surface area is 78.6 Å². The van der Waals surface area contributed by atoms with Crippen molar-refractivity contribution >= 4 is 0 Å². The molecule has 0 spiro atoms. The fraction of sp³-hybridized carbons (Fsp3) is 0.455. The zero-order valence-electron chi connectivity index (χ0n) is 8.04. The summed E-state index contributed by atoms with van der Waals surface area (Å²) in [7, 11) is 1.89. The molecule has 0 heterocycles. The maximum Gasteiger partial charge on any atom is 0.0775 e. The highest BCUT2D eigenvalue weighted by atomic mass is 16.3. The van der Waals surface area contributed by atoms with E-state index < -0.39 is 0 Å². The Kier molecular flexibility index (Phi) is 2.10. The van der Waals surface area contributed by atoms with Crippen molar-refractivity contribution in [2.45, 2.75) is 25.5 Å². The van der Waals surface area contributed by atoms with Crippen LogP contribution in [0.4, 0.5) is 0 Å². The van der Waals surface area contributed by atoms with Gasteiger partial charge in [0.25, 0.3) is 0 Å². The molecule has 2 unspecified atom stereocenters. The van der Waals surface area contributed by atoms with Crippen LogP contribution < -0.4 is 5.32 Å². The van der Waals surface area contributed by atoms with Crippen molar-refractivity contribution in [1.82, 2.24) is 5.32 Å². The summed E-state index contributed by atoms with van der Waals surface area (Å²) in [6.45, 7) is 2.08. The third-order valence-electron chi connectivity index (χ3n) is 2.76. The van der Waals surface area contributed by atoms with E-state index in [9.17, 15) is 5.11 Å². The van der Waals surface area contributed by atoms with Crippen LogP contribution in [0.15, 0.2) is 18.2 Å². The van der Waals surface area contributed by atoms with Gasteiger partial charge in [0.2, 0.25) is 0 Å². The predicted molar refractivity (Wildman–Crippen MR) is 52.7 cm³/mol. The number of aryl methyl sites for hydroxylation is 1. The number of aliphatic hydroxyl groups is 1. The highest BCUT2D eigenvalue weighted by Gasteiger charge is 2.29. The first-order valence-corrected chi connectivity index (χ1v) is 4.67. The van der Waals surface area contributed by atoms with Crippen LogP contribution in [0.3, 0.4) is 0 Å². The van der Waals surface area contributed by atoms with Gasteiger partial charge in [0.1, 0.15) is 0 Å². The minimum absolute atomic E-state index is 0.120. The molecule has 0 saturated carbocycles. The van der Waals surface area contributed by atoms with Crippen LogP contribution in [0, 0.1) is 6.92 Å². The highest BCUT2D eigenvalue weighted by Crippen LogP contribution is 2.31. The van der Waals surface area contributed by atoms with E-state index in [1.807, 2.05) is 7.05 Å². The molecule has 1 aliphatic carbocycles. The largest absolute Gasteiger partial charge is 0.391 e. The molecule has 70 valence electrons. The van der Waals surface area contributed by atoms with Crippen LogP contribution in [0.25, 0.3) is 0 Å². The predicted octanol–water partition coefficient (Wildman–Crippen LogP) is 1.17. The lowest BCUT2D eigenvalue weighted by molar-refractivity contribution is 0.145. The third-order valence-corrected chi connectivity index (χ3v) is 2.76. The minimum Gasteiger partial charge on any atom is -0.391 e. The molecule has 0 radical (unpaired) electrons. The summed E-state index contributed by atoms with van der Waals surface area (Å²) in [5, 5.41) is 12.9. The Morgan fingerprint density at radius 3 is 2.92 bits per heavy atom. The number of fused-ring (bicyclic) bond motifs is 1. The number of hydrogen-bond donors (Lipinski definition) is 2. The molecule has 0 aliphatic heterocycles. The van der Waals surface area contributed by atoms with Gasteiger partial charge in [-0.3, -0.25) is 0 Å². The first-order chi connectivity index (χ1) is 6.22. The van der Waals surface area contributed by atoms with Crippen molar-refractivity contribution in [3.05, 3.63) is 34.9 Å². The van der Waals surface area contributed by atoms with Gasteiger partial charge in [-0.2, -0.15) is 0 Å². The van der Waals surface area contributed by atoms with Gasteiger partial charge in [-0.25, -0.2) is 0 Å². The molecule has 1 aliphatic rings. The second kappa shape index (κ2) is 3.13. The maximum atomic E-state index is 9.74. The summed E-state index contributed by atoms with van der Waals surface area (Å²) >= 11 is 0. The van der Waals surface area contributed by atoms with Crippen molar-refractivity contribution in [3.8, 4) is 0 Å². The second-order valence-electron chi connectivity index (χ2n) is 3.74. The molecule has 2 atom stereocenters. The fourth-order valence-corrected chi connectivity index (χ4v) is 2.09. The average molecular weight is 177 g/mol. The van der Waals surface area contributed by atoms with E-state index in [1.54, 1.807) is 0 Å². The van der Waals surface area contributed by atoms with E-state index in [2.05, 4.69) is 30.4 Å². The van der Waals surface area contributed by atoms with E-state index >= 15 is 0 Å². The van der Waals surface area contributed by atoms with Crippen LogP contribution in [-0.2, 0) is 6.42 Å². The molecule has 0 aromatic heterocycles. The van der Waals surface area contributed by atoms with Gasteiger partial charge in [-0.1, -0.05) is 23.8 Å². The van der Waals surface area contributed by atoms with E-state index in [-0.39, 0.29) is 12.1 Å². The van der Waals surface area contributed by atoms with Crippen molar-refractivity contribution in [1.29, 1.82) is 0 Å². The zero-order valence-corrected chi connectivity index (χ0v) is 8.04. The summed E-state index contributed by atoms with van der Waals surface area (Å²) < 4.78 is 0. The summed E-state index contributed by atoms with van der Waals surface area (Å²) in [4.78, 5) is 0. The SMILES string of the molecule is CNC1c2cc(C)ccc2CC1O. The summed E-state index contributed by atoms with van der Waals surface area (Å²) in [6, 6.07) is 6.50. The van der Waals surface area contributed by atoms with E-state index in [4.69, 9.17) is 0 Å². The number of aliphatic hydroxyl groups excluding tert-OH is 1. The van der Waals surface area contributed by atoms with Gasteiger partial charge in [-0.05, 0) is 25.1 Å². The van der Waals surface area contributed by atoms with E-state index in [1.165, 1.54) is 16.7 Å². The lowest BCUT2D eigenvalue weighted by atomic mass is 10.1. The Bertz CT molecular complexity index is 322. The van der Waals surface area contributed by atoms with Crippen molar-refractivity contribution < 1.29 is 5.11 Å². The van der Waals surface area contributed by atoms with Gasteiger partial charge >= 0.3 is 0 Å². The van der Waals surface area contributed by atoms with E-state index in [0.717, 1.165) is 6.42 Å². The third kappa shape index (κ3) is 1.36. The number of rotatable bonds is 1. The molecule has 0 saturated heterocycles. The van der Waals surface area contributed by atoms with Gasteiger partial charge in [-0.15, -0.1) is 0 Å². The van der Waals surface area contributed by atoms with Crippen molar-refractivity contribution in [2.24, 2.45) is 0 Å². The molecule has 0 amide bonds. The van der Waals surface area contributed by atoms with E-state index in [0.29, 0.717) is 0 Å². The summed E-state index contributed by atoms with van der Waals surface area (Å²) in [6.07, 6.45) is 0.517. The Morgan fingerprint density at radius 1 is 1.46 bits per heavy atom. The van der Waals surface area contributed by atoms with Crippen LogP contribution in [0.5, 0.6) is 0 Å². The monoisotopic (exact) mass is 177 g/mol. The molecule has 2 N–H and O–H groups in total. The fourth-order valence-electron chi connectivity index (χ4n) is 2.09. The molecule has 2 nitrogen and oxygen atoms in total. The number of benzene rings is 1. The quantitative estimate of drug-likeness (QED) is 0.675. The Hall–Kier alpha value is -0.860. The number of nitrogens with one attached hydrogen (secondary N) is 1. The molecular weight excluding hydrogens is 162 g/mol. The molecular formula is C11H15NO. The van der Waals surface area contributed by atoms with Crippen molar-refractivity contribution in [3.63, 3.8) is 0 Å². The number of hydrogen-bond acceptors (Lipinski definition) is 2. The molecule has 2 rings (SSSR count). The van der Waals surface area contributed by atoms with Crippen LogP contribution in [-0.4, -0.2) is 18.3 Å². The van der Waals surface area contributed by atoms with Gasteiger partial charge in [0, 0.05) is 6.42 Å². The smallest absolute Gasteiger partial charge is 0.0775 e. The van der Waals surface area contributed by atoms with Crippen LogP contribution in [0.2, 0.25) is 0 Å². The average Bonchev–Trinajstić information content (AvgIpc) is 2.40. The van der Waals surface area contributed by atoms with Crippen LogP contribution in [0.1, 0.15) is 22.7 Å². The Morgan fingerprint density at radius 2 is 2.23 bits per heavy atom. The Balaban J connectivity index is 2.44. The highest BCUT2D eigenvalue weighted by molar-refractivity contribution is 5.39. The van der Waals surface area contributed by atoms with Gasteiger partial charge in [0.15, 0.2) is 0 Å². The van der Waals surface area contributed by atoms with Crippen LogP contribution >= 0.6 is 0 Å². The van der Waals surface area contributed by atoms with Gasteiger partial charge < -0.3 is 10.4 Å². The normalized spacial score (nSPS) is 26.1. The summed E-state index contributed by atoms with van der Waals surface area (Å²) in [5.41, 5.74) is 3.79. The molecule has 1 aromatic carbocycles. The lowest BCUT2D eigenvalue weighted by Crippen LogP contribution is -2.25. The van der Waals surface area contributed by atoms with Gasteiger partial charge in [0.05, 0.1) is 12.1 Å². The van der Waals surface area contributed by atoms with Crippen molar-refractivity contribution in [2.75, 3.05) is 7.05 Å². The second-order valence-corrected chi connectivity index (χ2v) is 3.74. The topological polar surface area (TPSA) is 32.3 Å². The molecule has 0 fully saturated rings. The molecule has 13 heavy (non-hydrogen) atoms.